The zero-order chi connectivity index (χ0) is 15.1. The van der Waals surface area contributed by atoms with Crippen LogP contribution in [-0.4, -0.2) is 30.3 Å². The van der Waals surface area contributed by atoms with E-state index in [-0.39, 0.29) is 18.4 Å². The molecular weight excluding hydrogens is 258 g/mol. The number of nitrogens with one attached hydrogen (secondary N) is 2. The number of hydrogen-bond acceptors (Lipinski definition) is 3. The summed E-state index contributed by atoms with van der Waals surface area (Å²) in [5.74, 6) is -1.50. The topological polar surface area (TPSA) is 101 Å². The van der Waals surface area contributed by atoms with E-state index in [0.717, 1.165) is 0 Å². The summed E-state index contributed by atoms with van der Waals surface area (Å²) in [4.78, 5) is 34.5. The van der Waals surface area contributed by atoms with Crippen LogP contribution in [0.4, 0.5) is 0 Å². The monoisotopic (exact) mass is 277 g/mol. The number of carbonyl (C=O) groups excluding carboxylic acids is 3. The number of hydrogen-bond donors (Lipinski definition) is 3. The summed E-state index contributed by atoms with van der Waals surface area (Å²) < 4.78 is 0. The first kappa shape index (κ1) is 15.7. The fraction of sp³-hybridized carbons (Fsp3) is 0.357. The fourth-order valence-electron chi connectivity index (χ4n) is 1.64. The number of carbonyl (C=O) groups is 3. The zero-order valence-corrected chi connectivity index (χ0v) is 11.6. The SMILES string of the molecule is CC(C)[C@@H](NC(=O)CNC(=O)c1ccccc1)C(N)=O. The molecule has 0 aromatic heterocycles. The van der Waals surface area contributed by atoms with Gasteiger partial charge in [0.1, 0.15) is 6.04 Å². The molecule has 6 heteroatoms. The van der Waals surface area contributed by atoms with E-state index in [2.05, 4.69) is 10.6 Å². The van der Waals surface area contributed by atoms with Gasteiger partial charge in [-0.1, -0.05) is 32.0 Å². The average molecular weight is 277 g/mol. The maximum Gasteiger partial charge on any atom is 0.251 e. The summed E-state index contributed by atoms with van der Waals surface area (Å²) in [7, 11) is 0. The largest absolute Gasteiger partial charge is 0.368 e. The molecule has 4 N–H and O–H groups in total. The summed E-state index contributed by atoms with van der Waals surface area (Å²) in [6.45, 7) is 3.35. The standard InChI is InChI=1S/C14H19N3O3/c1-9(2)12(13(15)19)17-11(18)8-16-14(20)10-6-4-3-5-7-10/h3-7,9,12H,8H2,1-2H3,(H2,15,19)(H,16,20)(H,17,18)/t12-/m1/s1. The van der Waals surface area contributed by atoms with Gasteiger partial charge in [0, 0.05) is 5.56 Å². The third-order valence-electron chi connectivity index (χ3n) is 2.74. The first-order valence-corrected chi connectivity index (χ1v) is 6.33. The Morgan fingerprint density at radius 2 is 1.75 bits per heavy atom. The Kier molecular flexibility index (Phi) is 5.71. The molecule has 0 aliphatic heterocycles. The molecule has 0 aliphatic carbocycles. The number of nitrogens with two attached hydrogens (primary N) is 1. The highest BCUT2D eigenvalue weighted by atomic mass is 16.2. The van der Waals surface area contributed by atoms with Crippen LogP contribution in [0.25, 0.3) is 0 Å². The van der Waals surface area contributed by atoms with Crippen molar-refractivity contribution in [2.75, 3.05) is 6.54 Å². The van der Waals surface area contributed by atoms with Crippen LogP contribution in [0.15, 0.2) is 30.3 Å². The van der Waals surface area contributed by atoms with Gasteiger partial charge < -0.3 is 16.4 Å². The number of rotatable bonds is 6. The minimum Gasteiger partial charge on any atom is -0.368 e. The van der Waals surface area contributed by atoms with E-state index in [1.165, 1.54) is 0 Å². The van der Waals surface area contributed by atoms with Gasteiger partial charge >= 0.3 is 0 Å². The van der Waals surface area contributed by atoms with Crippen molar-refractivity contribution in [2.24, 2.45) is 11.7 Å². The van der Waals surface area contributed by atoms with Gasteiger partial charge in [-0.3, -0.25) is 14.4 Å². The van der Waals surface area contributed by atoms with E-state index < -0.39 is 17.9 Å². The van der Waals surface area contributed by atoms with E-state index >= 15 is 0 Å². The van der Waals surface area contributed by atoms with Crippen LogP contribution in [0.5, 0.6) is 0 Å². The third-order valence-corrected chi connectivity index (χ3v) is 2.74. The van der Waals surface area contributed by atoms with Crippen LogP contribution < -0.4 is 16.4 Å². The van der Waals surface area contributed by atoms with E-state index in [4.69, 9.17) is 5.73 Å². The molecule has 0 spiro atoms. The van der Waals surface area contributed by atoms with E-state index in [1.807, 2.05) is 0 Å². The van der Waals surface area contributed by atoms with Gasteiger partial charge in [-0.15, -0.1) is 0 Å². The lowest BCUT2D eigenvalue weighted by Gasteiger charge is -2.18. The molecule has 0 radical (unpaired) electrons. The van der Waals surface area contributed by atoms with Crippen LogP contribution in [0.2, 0.25) is 0 Å². The lowest BCUT2D eigenvalue weighted by atomic mass is 10.0. The molecule has 0 saturated heterocycles. The van der Waals surface area contributed by atoms with Crippen molar-refractivity contribution in [3.8, 4) is 0 Å². The minimum atomic E-state index is -0.740. The first-order chi connectivity index (χ1) is 9.41. The highest BCUT2D eigenvalue weighted by molar-refractivity contribution is 5.97. The lowest BCUT2D eigenvalue weighted by molar-refractivity contribution is -0.127. The highest BCUT2D eigenvalue weighted by Gasteiger charge is 2.21. The molecule has 1 rings (SSSR count). The van der Waals surface area contributed by atoms with Gasteiger partial charge in [-0.25, -0.2) is 0 Å². The lowest BCUT2D eigenvalue weighted by Crippen LogP contribution is -2.50. The van der Waals surface area contributed by atoms with E-state index in [9.17, 15) is 14.4 Å². The molecular formula is C14H19N3O3. The van der Waals surface area contributed by atoms with Gasteiger partial charge in [0.25, 0.3) is 5.91 Å². The highest BCUT2D eigenvalue weighted by Crippen LogP contribution is 2.00. The molecule has 0 unspecified atom stereocenters. The number of amides is 3. The normalized spacial score (nSPS) is 11.8. The molecule has 1 aromatic rings. The van der Waals surface area contributed by atoms with Crippen molar-refractivity contribution < 1.29 is 14.4 Å². The number of benzene rings is 1. The summed E-state index contributed by atoms with van der Waals surface area (Å²) in [6.07, 6.45) is 0. The molecule has 0 fully saturated rings. The second-order valence-electron chi connectivity index (χ2n) is 4.74. The van der Waals surface area contributed by atoms with Gasteiger partial charge in [-0.05, 0) is 18.1 Å². The Morgan fingerprint density at radius 1 is 1.15 bits per heavy atom. The van der Waals surface area contributed by atoms with Crippen molar-refractivity contribution in [3.63, 3.8) is 0 Å². The van der Waals surface area contributed by atoms with Crippen LogP contribution in [0, 0.1) is 5.92 Å². The molecule has 0 saturated carbocycles. The molecule has 3 amide bonds. The summed E-state index contributed by atoms with van der Waals surface area (Å²) in [5, 5.41) is 4.97. The van der Waals surface area contributed by atoms with Crippen molar-refractivity contribution in [3.05, 3.63) is 35.9 Å². The maximum absolute atomic E-state index is 11.7. The second kappa shape index (κ2) is 7.28. The zero-order valence-electron chi connectivity index (χ0n) is 11.6. The Balaban J connectivity index is 2.47. The molecule has 20 heavy (non-hydrogen) atoms. The molecule has 0 heterocycles. The molecule has 1 aromatic carbocycles. The van der Waals surface area contributed by atoms with E-state index in [1.54, 1.807) is 44.2 Å². The number of primary amides is 1. The van der Waals surface area contributed by atoms with Crippen LogP contribution in [-0.2, 0) is 9.59 Å². The molecule has 0 aliphatic rings. The summed E-state index contributed by atoms with van der Waals surface area (Å²) in [6, 6.07) is 7.81. The van der Waals surface area contributed by atoms with Crippen LogP contribution in [0.3, 0.4) is 0 Å². The van der Waals surface area contributed by atoms with Crippen molar-refractivity contribution in [1.29, 1.82) is 0 Å². The smallest absolute Gasteiger partial charge is 0.251 e. The Labute approximate surface area is 117 Å². The van der Waals surface area contributed by atoms with Gasteiger partial charge in [0.2, 0.25) is 11.8 Å². The third kappa shape index (κ3) is 4.72. The molecule has 108 valence electrons. The van der Waals surface area contributed by atoms with Crippen LogP contribution >= 0.6 is 0 Å². The average Bonchev–Trinajstić information content (AvgIpc) is 2.42. The molecule has 6 nitrogen and oxygen atoms in total. The predicted molar refractivity (Wildman–Crippen MR) is 74.7 cm³/mol. The van der Waals surface area contributed by atoms with Gasteiger partial charge in [0.15, 0.2) is 0 Å². The van der Waals surface area contributed by atoms with Crippen molar-refractivity contribution >= 4 is 17.7 Å². The quantitative estimate of drug-likeness (QED) is 0.684. The first-order valence-electron chi connectivity index (χ1n) is 6.33. The van der Waals surface area contributed by atoms with Crippen molar-refractivity contribution in [2.45, 2.75) is 19.9 Å². The van der Waals surface area contributed by atoms with E-state index in [0.29, 0.717) is 5.56 Å². The summed E-state index contributed by atoms with van der Waals surface area (Å²) >= 11 is 0. The Morgan fingerprint density at radius 3 is 2.25 bits per heavy atom. The summed E-state index contributed by atoms with van der Waals surface area (Å²) in [5.41, 5.74) is 5.66. The molecule has 1 atom stereocenters. The second-order valence-corrected chi connectivity index (χ2v) is 4.74. The Bertz CT molecular complexity index is 486. The maximum atomic E-state index is 11.7. The van der Waals surface area contributed by atoms with Gasteiger partial charge in [-0.2, -0.15) is 0 Å². The van der Waals surface area contributed by atoms with Crippen LogP contribution in [0.1, 0.15) is 24.2 Å². The fourth-order valence-corrected chi connectivity index (χ4v) is 1.64. The Hall–Kier alpha value is -2.37. The van der Waals surface area contributed by atoms with Crippen molar-refractivity contribution in [1.82, 2.24) is 10.6 Å². The predicted octanol–water partition coefficient (Wildman–Crippen LogP) is 0.0425. The van der Waals surface area contributed by atoms with Gasteiger partial charge in [0.05, 0.1) is 6.54 Å². The minimum absolute atomic E-state index is 0.110. The molecule has 0 bridgehead atoms.